The largest absolute Gasteiger partial charge is 0.507 e. The molecule has 0 saturated carbocycles. The van der Waals surface area contributed by atoms with Gasteiger partial charge in [0.15, 0.2) is 5.82 Å². The number of phenolic OH excluding ortho intramolecular Hbond substituents is 1. The normalized spacial score (nSPS) is 17.5. The fraction of sp³-hybridized carbons (Fsp3) is 0.450. The van der Waals surface area contributed by atoms with Gasteiger partial charge >= 0.3 is 0 Å². The summed E-state index contributed by atoms with van der Waals surface area (Å²) in [5, 5.41) is 10.2. The van der Waals surface area contributed by atoms with E-state index in [1.807, 2.05) is 18.3 Å². The van der Waals surface area contributed by atoms with E-state index in [2.05, 4.69) is 14.9 Å². The number of hydrogen-bond acceptors (Lipinski definition) is 6. The van der Waals surface area contributed by atoms with Crippen LogP contribution in [0.2, 0.25) is 0 Å². The molecule has 136 valence electrons. The van der Waals surface area contributed by atoms with Gasteiger partial charge in [0.2, 0.25) is 0 Å². The molecule has 0 aliphatic carbocycles. The fourth-order valence-electron chi connectivity index (χ4n) is 3.57. The Balaban J connectivity index is 1.47. The number of phenols is 1. The highest BCUT2D eigenvalue weighted by atomic mass is 16.5. The minimum atomic E-state index is 0.275. The van der Waals surface area contributed by atoms with E-state index in [-0.39, 0.29) is 5.75 Å². The van der Waals surface area contributed by atoms with E-state index in [0.717, 1.165) is 55.3 Å². The number of benzene rings is 1. The summed E-state index contributed by atoms with van der Waals surface area (Å²) >= 11 is 0. The molecule has 0 spiro atoms. The van der Waals surface area contributed by atoms with Crippen LogP contribution in [0.25, 0.3) is 0 Å². The molecule has 6 nitrogen and oxygen atoms in total. The molecule has 0 bridgehead atoms. The Hall–Kier alpha value is -2.47. The summed E-state index contributed by atoms with van der Waals surface area (Å²) in [5.74, 6) is 1.75. The third-order valence-corrected chi connectivity index (χ3v) is 5.08. The van der Waals surface area contributed by atoms with Crippen LogP contribution < -0.4 is 4.74 Å². The molecule has 26 heavy (non-hydrogen) atoms. The third-order valence-electron chi connectivity index (χ3n) is 5.08. The highest BCUT2D eigenvalue weighted by Crippen LogP contribution is 2.26. The molecule has 2 aliphatic rings. The van der Waals surface area contributed by atoms with Crippen LogP contribution in [-0.4, -0.2) is 45.9 Å². The van der Waals surface area contributed by atoms with Gasteiger partial charge in [-0.15, -0.1) is 0 Å². The second kappa shape index (κ2) is 7.41. The number of hydrogen-bond donors (Lipinski definition) is 1. The van der Waals surface area contributed by atoms with Gasteiger partial charge in [0.05, 0.1) is 18.5 Å². The second-order valence-corrected chi connectivity index (χ2v) is 6.91. The first-order chi connectivity index (χ1) is 12.7. The number of rotatable bonds is 4. The first-order valence-electron chi connectivity index (χ1n) is 9.19. The Bertz CT molecular complexity index is 835. The SMILES string of the molecule is COc1ccc(CN2CCc3nc(C4=NCCCC4)ncc3C2)c(O)c1. The summed E-state index contributed by atoms with van der Waals surface area (Å²) in [5.41, 5.74) is 4.27. The van der Waals surface area contributed by atoms with Crippen LogP contribution in [0.5, 0.6) is 11.5 Å². The number of aromatic hydroxyl groups is 1. The maximum Gasteiger partial charge on any atom is 0.173 e. The molecule has 3 heterocycles. The van der Waals surface area contributed by atoms with Gasteiger partial charge in [0.1, 0.15) is 11.5 Å². The average Bonchev–Trinajstić information content (AvgIpc) is 2.69. The molecule has 0 radical (unpaired) electrons. The van der Waals surface area contributed by atoms with Gasteiger partial charge in [0, 0.05) is 56.0 Å². The van der Waals surface area contributed by atoms with E-state index in [9.17, 15) is 5.11 Å². The highest BCUT2D eigenvalue weighted by Gasteiger charge is 2.21. The summed E-state index contributed by atoms with van der Waals surface area (Å²) in [4.78, 5) is 16.2. The molecule has 2 aromatic rings. The lowest BCUT2D eigenvalue weighted by Crippen LogP contribution is -2.31. The Morgan fingerprint density at radius 3 is 2.92 bits per heavy atom. The molecular weight excluding hydrogens is 328 g/mol. The van der Waals surface area contributed by atoms with Crippen molar-refractivity contribution in [3.8, 4) is 11.5 Å². The zero-order valence-electron chi connectivity index (χ0n) is 15.1. The van der Waals surface area contributed by atoms with Gasteiger partial charge in [-0.2, -0.15) is 0 Å². The van der Waals surface area contributed by atoms with Crippen molar-refractivity contribution >= 4 is 5.71 Å². The van der Waals surface area contributed by atoms with Crippen molar-refractivity contribution in [3.63, 3.8) is 0 Å². The number of nitrogens with zero attached hydrogens (tertiary/aromatic N) is 4. The van der Waals surface area contributed by atoms with Gasteiger partial charge in [-0.05, 0) is 25.3 Å². The number of methoxy groups -OCH3 is 1. The summed E-state index contributed by atoms with van der Waals surface area (Å²) < 4.78 is 5.15. The molecular formula is C20H24N4O2. The Labute approximate surface area is 153 Å². The summed E-state index contributed by atoms with van der Waals surface area (Å²) in [6.07, 6.45) is 6.19. The number of ether oxygens (including phenoxy) is 1. The van der Waals surface area contributed by atoms with Crippen molar-refractivity contribution in [2.75, 3.05) is 20.2 Å². The van der Waals surface area contributed by atoms with Crippen LogP contribution in [0, 0.1) is 0 Å². The molecule has 2 aliphatic heterocycles. The first kappa shape index (κ1) is 17.0. The molecule has 0 fully saturated rings. The molecule has 1 aromatic carbocycles. The van der Waals surface area contributed by atoms with E-state index in [1.165, 1.54) is 18.4 Å². The maximum atomic E-state index is 10.2. The molecule has 1 N–H and O–H groups in total. The predicted molar refractivity (Wildman–Crippen MR) is 99.8 cm³/mol. The molecule has 0 atom stereocenters. The van der Waals surface area contributed by atoms with E-state index in [1.54, 1.807) is 13.2 Å². The van der Waals surface area contributed by atoms with Crippen molar-refractivity contribution in [1.82, 2.24) is 14.9 Å². The minimum Gasteiger partial charge on any atom is -0.507 e. The van der Waals surface area contributed by atoms with Crippen LogP contribution >= 0.6 is 0 Å². The summed E-state index contributed by atoms with van der Waals surface area (Å²) in [6, 6.07) is 5.46. The van der Waals surface area contributed by atoms with Crippen LogP contribution in [0.1, 0.15) is 41.9 Å². The number of aliphatic imine (C=N–C) groups is 1. The highest BCUT2D eigenvalue weighted by molar-refractivity contribution is 5.97. The number of aromatic nitrogens is 2. The van der Waals surface area contributed by atoms with Crippen molar-refractivity contribution in [3.05, 3.63) is 47.0 Å². The molecule has 4 rings (SSSR count). The first-order valence-corrected chi connectivity index (χ1v) is 9.19. The van der Waals surface area contributed by atoms with Gasteiger partial charge in [0.25, 0.3) is 0 Å². The number of fused-ring (bicyclic) bond motifs is 1. The van der Waals surface area contributed by atoms with Crippen molar-refractivity contribution in [2.24, 2.45) is 4.99 Å². The quantitative estimate of drug-likeness (QED) is 0.916. The van der Waals surface area contributed by atoms with E-state index < -0.39 is 0 Å². The van der Waals surface area contributed by atoms with Gasteiger partial charge in [-0.1, -0.05) is 6.07 Å². The van der Waals surface area contributed by atoms with E-state index in [0.29, 0.717) is 12.3 Å². The average molecular weight is 352 g/mol. The molecule has 0 unspecified atom stereocenters. The summed E-state index contributed by atoms with van der Waals surface area (Å²) in [7, 11) is 1.60. The molecule has 1 aromatic heterocycles. The minimum absolute atomic E-state index is 0.275. The smallest absolute Gasteiger partial charge is 0.173 e. The lowest BCUT2D eigenvalue weighted by atomic mass is 10.0. The van der Waals surface area contributed by atoms with Gasteiger partial charge in [-0.25, -0.2) is 9.97 Å². The monoisotopic (exact) mass is 352 g/mol. The van der Waals surface area contributed by atoms with E-state index in [4.69, 9.17) is 9.72 Å². The van der Waals surface area contributed by atoms with Crippen LogP contribution in [0.15, 0.2) is 29.4 Å². The fourth-order valence-corrected chi connectivity index (χ4v) is 3.57. The predicted octanol–water partition coefficient (Wildman–Crippen LogP) is 2.72. The van der Waals surface area contributed by atoms with E-state index >= 15 is 0 Å². The van der Waals surface area contributed by atoms with Crippen LogP contribution in [-0.2, 0) is 19.5 Å². The Morgan fingerprint density at radius 1 is 1.23 bits per heavy atom. The summed E-state index contributed by atoms with van der Waals surface area (Å²) in [6.45, 7) is 3.31. The Kier molecular flexibility index (Phi) is 4.84. The molecule has 6 heteroatoms. The van der Waals surface area contributed by atoms with Crippen molar-refractivity contribution in [2.45, 2.75) is 38.8 Å². The third kappa shape index (κ3) is 3.55. The van der Waals surface area contributed by atoms with Crippen molar-refractivity contribution < 1.29 is 9.84 Å². The van der Waals surface area contributed by atoms with Crippen molar-refractivity contribution in [1.29, 1.82) is 0 Å². The standard InChI is InChI=1S/C20H24N4O2/c1-26-16-6-5-14(19(25)10-16)12-24-9-7-17-15(13-24)11-22-20(23-17)18-4-2-3-8-21-18/h5-6,10-11,25H,2-4,7-9,12-13H2,1H3. The topological polar surface area (TPSA) is 70.8 Å². The second-order valence-electron chi connectivity index (χ2n) is 6.91. The molecule has 0 saturated heterocycles. The van der Waals surface area contributed by atoms with Gasteiger partial charge < -0.3 is 9.84 Å². The lowest BCUT2D eigenvalue weighted by molar-refractivity contribution is 0.239. The lowest BCUT2D eigenvalue weighted by Gasteiger charge is -2.28. The van der Waals surface area contributed by atoms with Gasteiger partial charge in [-0.3, -0.25) is 9.89 Å². The zero-order chi connectivity index (χ0) is 17.9. The van der Waals surface area contributed by atoms with Crippen LogP contribution in [0.3, 0.4) is 0 Å². The maximum absolute atomic E-state index is 10.2. The van der Waals surface area contributed by atoms with Crippen LogP contribution in [0.4, 0.5) is 0 Å². The molecule has 0 amide bonds. The zero-order valence-corrected chi connectivity index (χ0v) is 15.1. The Morgan fingerprint density at radius 2 is 2.15 bits per heavy atom.